The number of nitrogens with one attached hydrogen (secondary N) is 1. The molecular weight excluding hydrogens is 322 g/mol. The Labute approximate surface area is 125 Å². The molecule has 0 aromatic heterocycles. The van der Waals surface area contributed by atoms with Crippen LogP contribution in [0.1, 0.15) is 31.7 Å². The highest BCUT2D eigenvalue weighted by molar-refractivity contribution is 9.10. The van der Waals surface area contributed by atoms with Crippen LogP contribution >= 0.6 is 15.9 Å². The average Bonchev–Trinajstić information content (AvgIpc) is 2.66. The number of hydrogen-bond donors (Lipinski definition) is 2. The number of Topliss-reactive ketones (excluding diaryl/α,β-unsaturated/α-hetero) is 1. The van der Waals surface area contributed by atoms with E-state index in [4.69, 9.17) is 0 Å². The molecule has 5 heteroatoms. The number of carbonyl (C=O) groups is 2. The van der Waals surface area contributed by atoms with E-state index in [-0.39, 0.29) is 5.78 Å². The molecule has 0 bridgehead atoms. The molecule has 3 rings (SSSR count). The van der Waals surface area contributed by atoms with E-state index >= 15 is 0 Å². The van der Waals surface area contributed by atoms with E-state index in [1.54, 1.807) is 18.2 Å². The monoisotopic (exact) mass is 337 g/mol. The zero-order chi connectivity index (χ0) is 14.5. The number of anilines is 1. The van der Waals surface area contributed by atoms with Gasteiger partial charge in [-0.15, -0.1) is 0 Å². The fourth-order valence-corrected chi connectivity index (χ4v) is 3.61. The molecule has 1 aromatic rings. The van der Waals surface area contributed by atoms with Gasteiger partial charge in [-0.05, 0) is 37.0 Å². The number of hydrogen-bond acceptors (Lipinski definition) is 3. The first-order chi connectivity index (χ1) is 9.42. The maximum Gasteiger partial charge on any atom is 0.261 e. The minimum absolute atomic E-state index is 0.0198. The molecule has 1 heterocycles. The molecule has 1 fully saturated rings. The first-order valence-electron chi connectivity index (χ1n) is 6.79. The van der Waals surface area contributed by atoms with Crippen molar-refractivity contribution >= 4 is 33.3 Å². The van der Waals surface area contributed by atoms with Crippen LogP contribution in [0.5, 0.6) is 0 Å². The summed E-state index contributed by atoms with van der Waals surface area (Å²) in [5, 5.41) is 13.7. The smallest absolute Gasteiger partial charge is 0.261 e. The summed E-state index contributed by atoms with van der Waals surface area (Å²) in [6.07, 6.45) is 1.82. The lowest BCUT2D eigenvalue weighted by Crippen LogP contribution is -2.47. The SMILES string of the molecule is CC1CCC(=O)C(C2(O)C(=O)Nc3ccc(Br)cc32)C1. The molecule has 3 atom stereocenters. The zero-order valence-electron chi connectivity index (χ0n) is 11.1. The summed E-state index contributed by atoms with van der Waals surface area (Å²) < 4.78 is 0.780. The van der Waals surface area contributed by atoms with Crippen LogP contribution in [0, 0.1) is 11.8 Å². The second kappa shape index (κ2) is 4.67. The standard InChI is InChI=1S/C15H16BrNO3/c1-8-2-5-13(18)11(6-8)15(20)10-7-9(16)3-4-12(10)17-14(15)19/h3-4,7-8,11,20H,2,5-6H2,1H3,(H,17,19). The van der Waals surface area contributed by atoms with Crippen molar-refractivity contribution in [2.75, 3.05) is 5.32 Å². The van der Waals surface area contributed by atoms with Gasteiger partial charge in [0.1, 0.15) is 5.78 Å². The molecule has 1 aromatic carbocycles. The predicted molar refractivity (Wildman–Crippen MR) is 78.2 cm³/mol. The largest absolute Gasteiger partial charge is 0.375 e. The number of fused-ring (bicyclic) bond motifs is 1. The van der Waals surface area contributed by atoms with Gasteiger partial charge in [-0.1, -0.05) is 22.9 Å². The Hall–Kier alpha value is -1.20. The number of aliphatic hydroxyl groups is 1. The van der Waals surface area contributed by atoms with E-state index in [1.165, 1.54) is 0 Å². The molecule has 20 heavy (non-hydrogen) atoms. The fourth-order valence-electron chi connectivity index (χ4n) is 3.24. The Balaban J connectivity index is 2.09. The van der Waals surface area contributed by atoms with Crippen molar-refractivity contribution in [3.8, 4) is 0 Å². The quantitative estimate of drug-likeness (QED) is 0.827. The fraction of sp³-hybridized carbons (Fsp3) is 0.467. The van der Waals surface area contributed by atoms with Crippen LogP contribution in [0.15, 0.2) is 22.7 Å². The molecular formula is C15H16BrNO3. The van der Waals surface area contributed by atoms with Crippen LogP contribution in [0.2, 0.25) is 0 Å². The maximum atomic E-state index is 12.3. The lowest BCUT2D eigenvalue weighted by atomic mass is 9.70. The summed E-state index contributed by atoms with van der Waals surface area (Å²) in [4.78, 5) is 24.5. The second-order valence-electron chi connectivity index (χ2n) is 5.81. The van der Waals surface area contributed by atoms with Crippen LogP contribution in [-0.2, 0) is 15.2 Å². The summed E-state index contributed by atoms with van der Waals surface area (Å²) in [5.41, 5.74) is -0.638. The van der Waals surface area contributed by atoms with Crippen LogP contribution < -0.4 is 5.32 Å². The molecule has 3 unspecified atom stereocenters. The third kappa shape index (κ3) is 1.91. The Morgan fingerprint density at radius 1 is 1.40 bits per heavy atom. The molecule has 2 aliphatic rings. The zero-order valence-corrected chi connectivity index (χ0v) is 12.7. The third-order valence-electron chi connectivity index (χ3n) is 4.40. The van der Waals surface area contributed by atoms with Gasteiger partial charge in [0.2, 0.25) is 0 Å². The number of benzene rings is 1. The molecule has 1 aliphatic heterocycles. The maximum absolute atomic E-state index is 12.3. The van der Waals surface area contributed by atoms with Crippen LogP contribution in [-0.4, -0.2) is 16.8 Å². The molecule has 106 valence electrons. The predicted octanol–water partition coefficient (Wildman–Crippen LogP) is 2.59. The number of ketones is 1. The van der Waals surface area contributed by atoms with E-state index in [9.17, 15) is 14.7 Å². The van der Waals surface area contributed by atoms with E-state index in [0.717, 1.165) is 10.9 Å². The first-order valence-corrected chi connectivity index (χ1v) is 7.58. The highest BCUT2D eigenvalue weighted by Gasteiger charge is 2.54. The van der Waals surface area contributed by atoms with Crippen molar-refractivity contribution in [1.82, 2.24) is 0 Å². The van der Waals surface area contributed by atoms with Crippen LogP contribution in [0.4, 0.5) is 5.69 Å². The van der Waals surface area contributed by atoms with Gasteiger partial charge in [-0.25, -0.2) is 0 Å². The lowest BCUT2D eigenvalue weighted by Gasteiger charge is -2.35. The van der Waals surface area contributed by atoms with Crippen molar-refractivity contribution < 1.29 is 14.7 Å². The number of amides is 1. The summed E-state index contributed by atoms with van der Waals surface area (Å²) in [6, 6.07) is 5.27. The van der Waals surface area contributed by atoms with Gasteiger partial charge in [0.25, 0.3) is 5.91 Å². The van der Waals surface area contributed by atoms with Crippen LogP contribution in [0.3, 0.4) is 0 Å². The van der Waals surface area contributed by atoms with E-state index < -0.39 is 17.4 Å². The molecule has 1 saturated carbocycles. The Kier molecular flexibility index (Phi) is 3.21. The van der Waals surface area contributed by atoms with Crippen molar-refractivity contribution in [1.29, 1.82) is 0 Å². The van der Waals surface area contributed by atoms with Gasteiger partial charge < -0.3 is 10.4 Å². The Bertz CT molecular complexity index is 601. The minimum Gasteiger partial charge on any atom is -0.375 e. The normalized spacial score (nSPS) is 33.0. The van der Waals surface area contributed by atoms with Gasteiger partial charge in [-0.2, -0.15) is 0 Å². The van der Waals surface area contributed by atoms with Crippen molar-refractivity contribution in [3.05, 3.63) is 28.2 Å². The highest BCUT2D eigenvalue weighted by Crippen LogP contribution is 2.46. The topological polar surface area (TPSA) is 66.4 Å². The third-order valence-corrected chi connectivity index (χ3v) is 4.89. The number of rotatable bonds is 1. The van der Waals surface area contributed by atoms with Crippen molar-refractivity contribution in [3.63, 3.8) is 0 Å². The molecule has 0 spiro atoms. The van der Waals surface area contributed by atoms with Gasteiger partial charge in [0.05, 0.1) is 5.92 Å². The highest BCUT2D eigenvalue weighted by atomic mass is 79.9. The lowest BCUT2D eigenvalue weighted by molar-refractivity contribution is -0.151. The molecule has 2 N–H and O–H groups in total. The van der Waals surface area contributed by atoms with E-state index in [1.807, 2.05) is 0 Å². The van der Waals surface area contributed by atoms with Gasteiger partial charge in [0, 0.05) is 22.1 Å². The molecule has 0 radical (unpaired) electrons. The van der Waals surface area contributed by atoms with Gasteiger partial charge in [0.15, 0.2) is 5.60 Å². The number of carbonyl (C=O) groups excluding carboxylic acids is 2. The molecule has 0 saturated heterocycles. The Morgan fingerprint density at radius 2 is 2.15 bits per heavy atom. The van der Waals surface area contributed by atoms with Crippen molar-refractivity contribution in [2.24, 2.45) is 11.8 Å². The minimum atomic E-state index is -1.73. The summed E-state index contributed by atoms with van der Waals surface area (Å²) in [5.74, 6) is -0.820. The summed E-state index contributed by atoms with van der Waals surface area (Å²) in [6.45, 7) is 2.05. The van der Waals surface area contributed by atoms with Crippen LogP contribution in [0.25, 0.3) is 0 Å². The van der Waals surface area contributed by atoms with Gasteiger partial charge in [-0.3, -0.25) is 9.59 Å². The van der Waals surface area contributed by atoms with E-state index in [0.29, 0.717) is 30.0 Å². The Morgan fingerprint density at radius 3 is 2.90 bits per heavy atom. The number of halogens is 1. The second-order valence-corrected chi connectivity index (χ2v) is 6.72. The van der Waals surface area contributed by atoms with Gasteiger partial charge >= 0.3 is 0 Å². The summed E-state index contributed by atoms with van der Waals surface area (Å²) >= 11 is 3.35. The summed E-state index contributed by atoms with van der Waals surface area (Å²) in [7, 11) is 0. The van der Waals surface area contributed by atoms with E-state index in [2.05, 4.69) is 28.2 Å². The molecule has 1 amide bonds. The average molecular weight is 338 g/mol. The molecule has 4 nitrogen and oxygen atoms in total. The van der Waals surface area contributed by atoms with Crippen molar-refractivity contribution in [2.45, 2.75) is 31.8 Å². The molecule has 1 aliphatic carbocycles. The first kappa shape index (κ1) is 13.8.